The maximum Gasteiger partial charge on any atom is 0.264 e. The first-order valence-electron chi connectivity index (χ1n) is 5.93. The first-order chi connectivity index (χ1) is 9.16. The second-order valence-corrected chi connectivity index (χ2v) is 5.65. The summed E-state index contributed by atoms with van der Waals surface area (Å²) in [6.45, 7) is 3.61. The third-order valence-corrected chi connectivity index (χ3v) is 4.60. The zero-order valence-corrected chi connectivity index (χ0v) is 13.1. The number of carbonyl (C=O) groups excluding carboxylic acids is 1. The van der Waals surface area contributed by atoms with Crippen LogP contribution in [0.3, 0.4) is 0 Å². The number of rotatable bonds is 2. The average Bonchev–Trinajstić information content (AvgIpc) is 2.96. The fourth-order valence-electron chi connectivity index (χ4n) is 2.07. The molecule has 2 aliphatic rings. The number of para-hydroxylation sites is 1. The molecule has 0 unspecified atom stereocenters. The summed E-state index contributed by atoms with van der Waals surface area (Å²) in [6, 6.07) is 7.21. The van der Waals surface area contributed by atoms with Crippen LogP contribution in [0, 0.1) is 0 Å². The van der Waals surface area contributed by atoms with Gasteiger partial charge >= 0.3 is 0 Å². The topological polar surface area (TPSA) is 44.7 Å². The third-order valence-electron chi connectivity index (χ3n) is 3.06. The number of halogens is 2. The number of amides is 1. The highest BCUT2D eigenvalue weighted by molar-refractivity contribution is 8.18. The quantitative estimate of drug-likeness (QED) is 0.904. The standard InChI is InChI=1S/C13H12ClN3OS.ClH/c1-8-11(19-13-15-6-7-17(8)13)12(18)16-10-5-3-2-4-9(10)14;/h2-5H,6-7H2,1H3,(H,16,18);1H. The Morgan fingerprint density at radius 3 is 2.90 bits per heavy atom. The van der Waals surface area contributed by atoms with Gasteiger partial charge in [-0.1, -0.05) is 23.7 Å². The Kier molecular flexibility index (Phi) is 4.62. The van der Waals surface area contributed by atoms with Crippen molar-refractivity contribution in [3.63, 3.8) is 0 Å². The Balaban J connectivity index is 0.00000147. The molecule has 4 nitrogen and oxygen atoms in total. The van der Waals surface area contributed by atoms with E-state index in [1.54, 1.807) is 12.1 Å². The molecule has 3 rings (SSSR count). The Morgan fingerprint density at radius 1 is 1.45 bits per heavy atom. The van der Waals surface area contributed by atoms with Crippen molar-refractivity contribution in [2.75, 3.05) is 18.4 Å². The van der Waals surface area contributed by atoms with Crippen molar-refractivity contribution in [3.8, 4) is 0 Å². The number of thioether (sulfide) groups is 1. The molecule has 2 heterocycles. The highest BCUT2D eigenvalue weighted by Crippen LogP contribution is 2.37. The molecule has 20 heavy (non-hydrogen) atoms. The lowest BCUT2D eigenvalue weighted by molar-refractivity contribution is -0.112. The van der Waals surface area contributed by atoms with Crippen LogP contribution in [0.4, 0.5) is 5.69 Å². The summed E-state index contributed by atoms with van der Waals surface area (Å²) in [5.41, 5.74) is 1.59. The summed E-state index contributed by atoms with van der Waals surface area (Å²) in [7, 11) is 0. The van der Waals surface area contributed by atoms with Gasteiger partial charge in [-0.15, -0.1) is 12.4 Å². The van der Waals surface area contributed by atoms with Crippen LogP contribution in [0.1, 0.15) is 6.92 Å². The van der Waals surface area contributed by atoms with E-state index in [0.29, 0.717) is 15.6 Å². The van der Waals surface area contributed by atoms with Crippen molar-refractivity contribution in [1.82, 2.24) is 4.90 Å². The summed E-state index contributed by atoms with van der Waals surface area (Å²) in [5, 5.41) is 4.30. The summed E-state index contributed by atoms with van der Waals surface area (Å²) in [6.07, 6.45) is 0. The largest absolute Gasteiger partial charge is 0.322 e. The molecular formula is C13H13Cl2N3OS. The minimum absolute atomic E-state index is 0. The normalized spacial score (nSPS) is 16.7. The zero-order valence-electron chi connectivity index (χ0n) is 10.7. The van der Waals surface area contributed by atoms with Crippen LogP contribution in [-0.2, 0) is 4.79 Å². The van der Waals surface area contributed by atoms with E-state index in [2.05, 4.69) is 15.2 Å². The fraction of sp³-hybridized carbons (Fsp3) is 0.231. The van der Waals surface area contributed by atoms with E-state index in [-0.39, 0.29) is 18.3 Å². The predicted molar refractivity (Wildman–Crippen MR) is 86.6 cm³/mol. The van der Waals surface area contributed by atoms with E-state index in [4.69, 9.17) is 11.6 Å². The number of allylic oxidation sites excluding steroid dienone is 1. The number of aliphatic imine (C=N–C) groups is 1. The highest BCUT2D eigenvalue weighted by Gasteiger charge is 2.33. The minimum atomic E-state index is -0.132. The van der Waals surface area contributed by atoms with Crippen LogP contribution in [0.5, 0.6) is 0 Å². The number of anilines is 1. The number of nitrogens with zero attached hydrogens (tertiary/aromatic N) is 2. The SMILES string of the molecule is CC1=C(C(=O)Nc2ccccc2Cl)SC2=NCCN21.Cl. The summed E-state index contributed by atoms with van der Waals surface area (Å²) >= 11 is 7.46. The minimum Gasteiger partial charge on any atom is -0.322 e. The van der Waals surface area contributed by atoms with Crippen LogP contribution in [0.15, 0.2) is 39.9 Å². The van der Waals surface area contributed by atoms with Crippen LogP contribution >= 0.6 is 35.8 Å². The molecule has 1 amide bonds. The van der Waals surface area contributed by atoms with Gasteiger partial charge in [0.1, 0.15) is 0 Å². The van der Waals surface area contributed by atoms with Crippen molar-refractivity contribution in [3.05, 3.63) is 39.9 Å². The van der Waals surface area contributed by atoms with Crippen LogP contribution in [0.25, 0.3) is 0 Å². The van der Waals surface area contributed by atoms with E-state index in [1.165, 1.54) is 11.8 Å². The summed E-state index contributed by atoms with van der Waals surface area (Å²) in [4.78, 5) is 19.4. The molecule has 106 valence electrons. The number of hydrogen-bond acceptors (Lipinski definition) is 4. The Morgan fingerprint density at radius 2 is 2.20 bits per heavy atom. The maximum absolute atomic E-state index is 12.3. The molecule has 0 aromatic heterocycles. The van der Waals surface area contributed by atoms with Gasteiger partial charge in [-0.05, 0) is 30.8 Å². The molecule has 0 atom stereocenters. The Hall–Kier alpha value is -1.17. The first kappa shape index (κ1) is 15.2. The van der Waals surface area contributed by atoms with Gasteiger partial charge in [0, 0.05) is 12.2 Å². The number of hydrogen-bond donors (Lipinski definition) is 1. The lowest BCUT2D eigenvalue weighted by atomic mass is 10.3. The van der Waals surface area contributed by atoms with Gasteiger partial charge in [-0.25, -0.2) is 0 Å². The van der Waals surface area contributed by atoms with E-state index >= 15 is 0 Å². The molecule has 1 N–H and O–H groups in total. The monoisotopic (exact) mass is 329 g/mol. The third kappa shape index (κ3) is 2.66. The first-order valence-corrected chi connectivity index (χ1v) is 7.13. The lowest BCUT2D eigenvalue weighted by Crippen LogP contribution is -2.20. The smallest absolute Gasteiger partial charge is 0.264 e. The van der Waals surface area contributed by atoms with E-state index < -0.39 is 0 Å². The van der Waals surface area contributed by atoms with E-state index in [0.717, 1.165) is 24.0 Å². The van der Waals surface area contributed by atoms with Crippen LogP contribution in [0.2, 0.25) is 5.02 Å². The van der Waals surface area contributed by atoms with E-state index in [1.807, 2.05) is 19.1 Å². The van der Waals surface area contributed by atoms with Gasteiger partial charge in [0.15, 0.2) is 5.17 Å². The lowest BCUT2D eigenvalue weighted by Gasteiger charge is -2.12. The zero-order chi connectivity index (χ0) is 13.4. The summed E-state index contributed by atoms with van der Waals surface area (Å²) < 4.78 is 0. The Bertz CT molecular complexity index is 615. The molecule has 7 heteroatoms. The van der Waals surface area contributed by atoms with Gasteiger partial charge in [-0.2, -0.15) is 0 Å². The highest BCUT2D eigenvalue weighted by atomic mass is 35.5. The molecule has 0 saturated carbocycles. The fourth-order valence-corrected chi connectivity index (χ4v) is 3.33. The van der Waals surface area contributed by atoms with Gasteiger partial charge in [0.25, 0.3) is 5.91 Å². The van der Waals surface area contributed by atoms with Gasteiger partial charge in [0.05, 0.1) is 22.2 Å². The number of nitrogens with one attached hydrogen (secondary N) is 1. The van der Waals surface area contributed by atoms with Crippen molar-refractivity contribution in [1.29, 1.82) is 0 Å². The van der Waals surface area contributed by atoms with Gasteiger partial charge in [0.2, 0.25) is 0 Å². The molecule has 0 bridgehead atoms. The molecule has 0 saturated heterocycles. The second-order valence-electron chi connectivity index (χ2n) is 4.27. The molecule has 0 aliphatic carbocycles. The molecule has 1 aromatic rings. The van der Waals surface area contributed by atoms with E-state index in [9.17, 15) is 4.79 Å². The van der Waals surface area contributed by atoms with Crippen LogP contribution < -0.4 is 5.32 Å². The number of amidine groups is 1. The van der Waals surface area contributed by atoms with Gasteiger partial charge < -0.3 is 10.2 Å². The molecule has 0 fully saturated rings. The van der Waals surface area contributed by atoms with Crippen LogP contribution in [-0.4, -0.2) is 29.1 Å². The molecule has 2 aliphatic heterocycles. The molecule has 1 aromatic carbocycles. The van der Waals surface area contributed by atoms with Gasteiger partial charge in [-0.3, -0.25) is 9.79 Å². The average molecular weight is 330 g/mol. The summed E-state index contributed by atoms with van der Waals surface area (Å²) in [5.74, 6) is -0.132. The second kappa shape index (κ2) is 6.08. The molecule has 0 radical (unpaired) electrons. The van der Waals surface area contributed by atoms with Crippen molar-refractivity contribution >= 4 is 52.5 Å². The number of benzene rings is 1. The number of carbonyl (C=O) groups is 1. The Labute approximate surface area is 132 Å². The van der Waals surface area contributed by atoms with Crippen molar-refractivity contribution < 1.29 is 4.79 Å². The molecular weight excluding hydrogens is 317 g/mol. The predicted octanol–water partition coefficient (Wildman–Crippen LogP) is 3.35. The van der Waals surface area contributed by atoms with Crippen molar-refractivity contribution in [2.24, 2.45) is 4.99 Å². The maximum atomic E-state index is 12.3. The number of fused-ring (bicyclic) bond motifs is 1. The van der Waals surface area contributed by atoms with Crippen molar-refractivity contribution in [2.45, 2.75) is 6.92 Å². The molecule has 0 spiro atoms.